The minimum Gasteiger partial charge on any atom is -0.481 e. The quantitative estimate of drug-likeness (QED) is 0.805. The Morgan fingerprint density at radius 1 is 1.40 bits per heavy atom. The number of ether oxygens (including phenoxy) is 1. The predicted molar refractivity (Wildman–Crippen MR) is 74.6 cm³/mol. The molecule has 0 N–H and O–H groups in total. The van der Waals surface area contributed by atoms with Gasteiger partial charge in [0.2, 0.25) is 5.88 Å². The number of nitrogens with zero attached hydrogens (tertiary/aromatic N) is 3. The summed E-state index contributed by atoms with van der Waals surface area (Å²) in [5, 5.41) is 4.22. The Labute approximate surface area is 121 Å². The summed E-state index contributed by atoms with van der Waals surface area (Å²) in [6, 6.07) is 3.62. The third-order valence-corrected chi connectivity index (χ3v) is 4.46. The van der Waals surface area contributed by atoms with Gasteiger partial charge in [-0.25, -0.2) is 13.4 Å². The lowest BCUT2D eigenvalue weighted by Gasteiger charge is -2.08. The highest BCUT2D eigenvalue weighted by molar-refractivity contribution is 8.13. The summed E-state index contributed by atoms with van der Waals surface area (Å²) in [5.41, 5.74) is 1.67. The van der Waals surface area contributed by atoms with E-state index in [0.29, 0.717) is 23.8 Å². The van der Waals surface area contributed by atoms with Crippen LogP contribution in [0.3, 0.4) is 0 Å². The van der Waals surface area contributed by atoms with Crippen LogP contribution in [-0.2, 0) is 15.6 Å². The molecule has 0 unspecified atom stereocenters. The molecular formula is C12H14ClN3O3S. The van der Waals surface area contributed by atoms with Crippen molar-refractivity contribution in [1.29, 1.82) is 0 Å². The van der Waals surface area contributed by atoms with Gasteiger partial charge in [-0.05, 0) is 19.9 Å². The molecule has 8 heteroatoms. The van der Waals surface area contributed by atoms with E-state index in [4.69, 9.17) is 15.4 Å². The van der Waals surface area contributed by atoms with E-state index in [0.717, 1.165) is 5.56 Å². The summed E-state index contributed by atoms with van der Waals surface area (Å²) in [4.78, 5) is 4.15. The van der Waals surface area contributed by atoms with Gasteiger partial charge in [0.25, 0.3) is 9.05 Å². The molecule has 6 nitrogen and oxygen atoms in total. The van der Waals surface area contributed by atoms with Crippen molar-refractivity contribution >= 4 is 19.7 Å². The standard InChI is InChI=1S/C12H14ClN3O3S/c1-8-11(20(13,17)18)9(2)16(15-8)7-10-5-4-6-14-12(10)19-3/h4-6H,7H2,1-3H3. The molecule has 0 aliphatic heterocycles. The summed E-state index contributed by atoms with van der Waals surface area (Å²) < 4.78 is 29.8. The zero-order chi connectivity index (χ0) is 14.9. The van der Waals surface area contributed by atoms with Gasteiger partial charge in [0.15, 0.2) is 0 Å². The summed E-state index contributed by atoms with van der Waals surface area (Å²) in [5.74, 6) is 0.482. The Bertz CT molecular complexity index is 740. The molecule has 20 heavy (non-hydrogen) atoms. The van der Waals surface area contributed by atoms with Crippen molar-refractivity contribution in [2.75, 3.05) is 7.11 Å². The van der Waals surface area contributed by atoms with Crippen molar-refractivity contribution in [3.63, 3.8) is 0 Å². The highest BCUT2D eigenvalue weighted by atomic mass is 35.7. The predicted octanol–water partition coefficient (Wildman–Crippen LogP) is 1.88. The van der Waals surface area contributed by atoms with Crippen LogP contribution < -0.4 is 4.74 Å². The SMILES string of the molecule is COc1ncccc1Cn1nc(C)c(S(=O)(=O)Cl)c1C. The number of pyridine rings is 1. The molecule has 2 aromatic heterocycles. The van der Waals surface area contributed by atoms with E-state index in [9.17, 15) is 8.42 Å². The molecule has 108 valence electrons. The Morgan fingerprint density at radius 3 is 2.65 bits per heavy atom. The molecule has 0 amide bonds. The topological polar surface area (TPSA) is 74.1 Å². The molecule has 0 aliphatic carbocycles. The fourth-order valence-electron chi connectivity index (χ4n) is 2.08. The highest BCUT2D eigenvalue weighted by Gasteiger charge is 2.22. The maximum absolute atomic E-state index is 11.5. The fraction of sp³-hybridized carbons (Fsp3) is 0.333. The molecule has 0 fully saturated rings. The summed E-state index contributed by atoms with van der Waals surface area (Å²) in [7, 11) is 3.15. The molecule has 2 rings (SSSR count). The van der Waals surface area contributed by atoms with E-state index in [-0.39, 0.29) is 4.90 Å². The van der Waals surface area contributed by atoms with Crippen molar-refractivity contribution in [1.82, 2.24) is 14.8 Å². The van der Waals surface area contributed by atoms with Crippen molar-refractivity contribution < 1.29 is 13.2 Å². The fourth-order valence-corrected chi connectivity index (χ4v) is 3.60. The van der Waals surface area contributed by atoms with Gasteiger partial charge < -0.3 is 4.74 Å². The van der Waals surface area contributed by atoms with Crippen LogP contribution in [0.25, 0.3) is 0 Å². The van der Waals surface area contributed by atoms with Crippen LogP contribution in [0.4, 0.5) is 0 Å². The third kappa shape index (κ3) is 2.78. The molecule has 2 aromatic rings. The first kappa shape index (κ1) is 14.8. The molecule has 2 heterocycles. The lowest BCUT2D eigenvalue weighted by Crippen LogP contribution is -2.06. The second kappa shape index (κ2) is 5.41. The molecule has 0 bridgehead atoms. The zero-order valence-electron chi connectivity index (χ0n) is 11.3. The summed E-state index contributed by atoms with van der Waals surface area (Å²) in [6.45, 7) is 3.63. The molecule has 0 aliphatic rings. The van der Waals surface area contributed by atoms with Crippen LogP contribution in [0.15, 0.2) is 23.2 Å². The highest BCUT2D eigenvalue weighted by Crippen LogP contribution is 2.24. The third-order valence-electron chi connectivity index (χ3n) is 2.92. The van der Waals surface area contributed by atoms with Gasteiger partial charge in [0, 0.05) is 22.4 Å². The molecule has 0 spiro atoms. The molecule has 0 saturated heterocycles. The van der Waals surface area contributed by atoms with Crippen LogP contribution in [0.2, 0.25) is 0 Å². The van der Waals surface area contributed by atoms with E-state index in [2.05, 4.69) is 10.1 Å². The number of rotatable bonds is 4. The van der Waals surface area contributed by atoms with Crippen LogP contribution in [-0.4, -0.2) is 30.3 Å². The first-order valence-corrected chi connectivity index (χ1v) is 8.12. The number of aryl methyl sites for hydroxylation is 1. The molecular weight excluding hydrogens is 302 g/mol. The minimum atomic E-state index is -3.81. The first-order valence-electron chi connectivity index (χ1n) is 5.81. The number of hydrogen-bond donors (Lipinski definition) is 0. The Morgan fingerprint density at radius 2 is 2.10 bits per heavy atom. The summed E-state index contributed by atoms with van der Waals surface area (Å²) >= 11 is 0. The largest absolute Gasteiger partial charge is 0.481 e. The number of halogens is 1. The molecule has 0 aromatic carbocycles. The van der Waals surface area contributed by atoms with Gasteiger partial charge >= 0.3 is 0 Å². The van der Waals surface area contributed by atoms with E-state index in [1.165, 1.54) is 7.11 Å². The zero-order valence-corrected chi connectivity index (χ0v) is 12.9. The average molecular weight is 316 g/mol. The second-order valence-electron chi connectivity index (χ2n) is 4.27. The smallest absolute Gasteiger partial charge is 0.264 e. The summed E-state index contributed by atoms with van der Waals surface area (Å²) in [6.07, 6.45) is 1.62. The minimum absolute atomic E-state index is 0.0574. The maximum Gasteiger partial charge on any atom is 0.264 e. The first-order chi connectivity index (χ1) is 9.34. The van der Waals surface area contributed by atoms with Crippen LogP contribution in [0.1, 0.15) is 17.0 Å². The Balaban J connectivity index is 2.46. The number of methoxy groups -OCH3 is 1. The normalized spacial score (nSPS) is 11.6. The average Bonchev–Trinajstić information content (AvgIpc) is 2.64. The van der Waals surface area contributed by atoms with E-state index >= 15 is 0 Å². The van der Waals surface area contributed by atoms with Crippen molar-refractivity contribution in [3.8, 4) is 5.88 Å². The van der Waals surface area contributed by atoms with Crippen molar-refractivity contribution in [2.24, 2.45) is 0 Å². The molecule has 0 radical (unpaired) electrons. The van der Waals surface area contributed by atoms with Gasteiger partial charge in [0.05, 0.1) is 25.0 Å². The van der Waals surface area contributed by atoms with Crippen LogP contribution >= 0.6 is 10.7 Å². The van der Waals surface area contributed by atoms with Crippen molar-refractivity contribution in [2.45, 2.75) is 25.3 Å². The second-order valence-corrected chi connectivity index (χ2v) is 6.77. The molecule has 0 saturated carbocycles. The van der Waals surface area contributed by atoms with Gasteiger partial charge in [-0.2, -0.15) is 5.10 Å². The molecule has 0 atom stereocenters. The van der Waals surface area contributed by atoms with Crippen LogP contribution in [0, 0.1) is 13.8 Å². The van der Waals surface area contributed by atoms with Gasteiger partial charge in [-0.1, -0.05) is 6.07 Å². The van der Waals surface area contributed by atoms with Gasteiger partial charge in [0.1, 0.15) is 4.90 Å². The van der Waals surface area contributed by atoms with E-state index in [1.54, 1.807) is 30.8 Å². The lowest BCUT2D eigenvalue weighted by atomic mass is 10.2. The monoisotopic (exact) mass is 315 g/mol. The number of hydrogen-bond acceptors (Lipinski definition) is 5. The Hall–Kier alpha value is -1.60. The maximum atomic E-state index is 11.5. The van der Waals surface area contributed by atoms with Gasteiger partial charge in [-0.3, -0.25) is 4.68 Å². The number of aromatic nitrogens is 3. The van der Waals surface area contributed by atoms with Crippen molar-refractivity contribution in [3.05, 3.63) is 35.3 Å². The van der Waals surface area contributed by atoms with Gasteiger partial charge in [-0.15, -0.1) is 0 Å². The van der Waals surface area contributed by atoms with E-state index < -0.39 is 9.05 Å². The Kier molecular flexibility index (Phi) is 4.01. The lowest BCUT2D eigenvalue weighted by molar-refractivity contribution is 0.390. The van der Waals surface area contributed by atoms with Crippen LogP contribution in [0.5, 0.6) is 5.88 Å². The van der Waals surface area contributed by atoms with E-state index in [1.807, 2.05) is 6.07 Å².